The van der Waals surface area contributed by atoms with Crippen molar-refractivity contribution in [3.8, 4) is 0 Å². The molecule has 1 aliphatic rings. The maximum atomic E-state index is 11.8. The average molecular weight is 335 g/mol. The van der Waals surface area contributed by atoms with E-state index in [0.717, 1.165) is 51.4 Å². The fourth-order valence-corrected chi connectivity index (χ4v) is 2.95. The number of carbonyl (C=O) groups excluding carboxylic acids is 1. The summed E-state index contributed by atoms with van der Waals surface area (Å²) in [7, 11) is 1.80. The summed E-state index contributed by atoms with van der Waals surface area (Å²) in [5.74, 6) is 0.880. The van der Waals surface area contributed by atoms with E-state index in [1.54, 1.807) is 7.05 Å². The van der Waals surface area contributed by atoms with E-state index in [4.69, 9.17) is 4.74 Å². The highest BCUT2D eigenvalue weighted by Crippen LogP contribution is 2.18. The molecule has 0 saturated carbocycles. The van der Waals surface area contributed by atoms with Gasteiger partial charge in [-0.25, -0.2) is 0 Å². The maximum Gasteiger partial charge on any atom is 0.309 e. The van der Waals surface area contributed by atoms with Gasteiger partial charge < -0.3 is 15.0 Å². The molecule has 0 bridgehead atoms. The summed E-state index contributed by atoms with van der Waals surface area (Å²) < 4.78 is 7.08. The number of carbonyl (C=O) groups is 1. The summed E-state index contributed by atoms with van der Waals surface area (Å²) in [5, 5.41) is 7.69. The van der Waals surface area contributed by atoms with Crippen molar-refractivity contribution in [1.29, 1.82) is 0 Å². The molecule has 0 aliphatic carbocycles. The summed E-state index contributed by atoms with van der Waals surface area (Å²) in [6.45, 7) is 7.76. The number of aliphatic imine (C=N–C) groups is 1. The Labute approximate surface area is 144 Å². The van der Waals surface area contributed by atoms with Crippen LogP contribution in [0.2, 0.25) is 0 Å². The van der Waals surface area contributed by atoms with Gasteiger partial charge in [0.1, 0.15) is 0 Å². The standard InChI is InChI=1S/C17H29N5O2/c1-4-24-16(23)15-6-10-21(11-7-15)17(18-3)19-8-5-9-22-13-14(2)12-20-22/h12-13,15H,4-11H2,1-3H3,(H,18,19). The minimum atomic E-state index is -0.0605. The zero-order valence-corrected chi connectivity index (χ0v) is 15.0. The van der Waals surface area contributed by atoms with Crippen LogP contribution in [0.15, 0.2) is 17.4 Å². The number of hydrogen-bond acceptors (Lipinski definition) is 4. The number of hydrogen-bond donors (Lipinski definition) is 1. The van der Waals surface area contributed by atoms with E-state index >= 15 is 0 Å². The van der Waals surface area contributed by atoms with Gasteiger partial charge in [0.25, 0.3) is 0 Å². The van der Waals surface area contributed by atoms with E-state index in [0.29, 0.717) is 6.61 Å². The lowest BCUT2D eigenvalue weighted by Crippen LogP contribution is -2.47. The van der Waals surface area contributed by atoms with E-state index in [9.17, 15) is 4.79 Å². The number of aromatic nitrogens is 2. The number of guanidine groups is 1. The van der Waals surface area contributed by atoms with E-state index in [-0.39, 0.29) is 11.9 Å². The van der Waals surface area contributed by atoms with Crippen LogP contribution >= 0.6 is 0 Å². The molecule has 0 radical (unpaired) electrons. The molecule has 0 atom stereocenters. The van der Waals surface area contributed by atoms with Gasteiger partial charge in [-0.1, -0.05) is 0 Å². The molecule has 7 nitrogen and oxygen atoms in total. The Balaban J connectivity index is 1.69. The molecule has 1 fully saturated rings. The predicted octanol–water partition coefficient (Wildman–Crippen LogP) is 1.43. The molecule has 2 heterocycles. The van der Waals surface area contributed by atoms with Gasteiger partial charge in [-0.05, 0) is 38.7 Å². The Morgan fingerprint density at radius 2 is 2.21 bits per heavy atom. The highest BCUT2D eigenvalue weighted by atomic mass is 16.5. The fourth-order valence-electron chi connectivity index (χ4n) is 2.95. The second kappa shape index (κ2) is 9.30. The average Bonchev–Trinajstić information content (AvgIpc) is 3.01. The lowest BCUT2D eigenvalue weighted by Gasteiger charge is -2.33. The molecular formula is C17H29N5O2. The number of aryl methyl sites for hydroxylation is 2. The van der Waals surface area contributed by atoms with Crippen LogP contribution in [0.3, 0.4) is 0 Å². The first-order valence-electron chi connectivity index (χ1n) is 8.75. The molecule has 1 aromatic heterocycles. The second-order valence-corrected chi connectivity index (χ2v) is 6.12. The largest absolute Gasteiger partial charge is 0.466 e. The maximum absolute atomic E-state index is 11.8. The van der Waals surface area contributed by atoms with Crippen molar-refractivity contribution in [2.75, 3.05) is 33.3 Å². The molecule has 7 heteroatoms. The van der Waals surface area contributed by atoms with Crippen molar-refractivity contribution < 1.29 is 9.53 Å². The van der Waals surface area contributed by atoms with Crippen molar-refractivity contribution in [2.24, 2.45) is 10.9 Å². The van der Waals surface area contributed by atoms with E-state index in [1.165, 1.54) is 5.56 Å². The lowest BCUT2D eigenvalue weighted by molar-refractivity contribution is -0.149. The van der Waals surface area contributed by atoms with Gasteiger partial charge in [-0.2, -0.15) is 5.10 Å². The van der Waals surface area contributed by atoms with Crippen molar-refractivity contribution >= 4 is 11.9 Å². The van der Waals surface area contributed by atoms with Crippen molar-refractivity contribution in [3.05, 3.63) is 18.0 Å². The number of piperidine rings is 1. The van der Waals surface area contributed by atoms with Crippen LogP contribution in [-0.2, 0) is 16.1 Å². The third-order valence-corrected chi connectivity index (χ3v) is 4.24. The molecule has 0 spiro atoms. The zero-order valence-electron chi connectivity index (χ0n) is 15.0. The van der Waals surface area contributed by atoms with Gasteiger partial charge in [0.05, 0.1) is 18.7 Å². The number of rotatable bonds is 6. The quantitative estimate of drug-likeness (QED) is 0.368. The molecule has 1 aromatic rings. The zero-order chi connectivity index (χ0) is 17.4. The van der Waals surface area contributed by atoms with Gasteiger partial charge >= 0.3 is 5.97 Å². The number of esters is 1. The lowest BCUT2D eigenvalue weighted by atomic mass is 9.97. The van der Waals surface area contributed by atoms with Gasteiger partial charge in [-0.3, -0.25) is 14.5 Å². The monoisotopic (exact) mass is 335 g/mol. The minimum absolute atomic E-state index is 0.0300. The number of likely N-dealkylation sites (tertiary alicyclic amines) is 1. The van der Waals surface area contributed by atoms with Crippen LogP contribution in [0, 0.1) is 12.8 Å². The van der Waals surface area contributed by atoms with Crippen LogP contribution in [0.4, 0.5) is 0 Å². The van der Waals surface area contributed by atoms with Gasteiger partial charge in [-0.15, -0.1) is 0 Å². The molecule has 0 unspecified atom stereocenters. The van der Waals surface area contributed by atoms with Gasteiger partial charge in [0.2, 0.25) is 0 Å². The second-order valence-electron chi connectivity index (χ2n) is 6.12. The first-order valence-corrected chi connectivity index (χ1v) is 8.75. The van der Waals surface area contributed by atoms with Crippen LogP contribution in [0.25, 0.3) is 0 Å². The smallest absolute Gasteiger partial charge is 0.309 e. The van der Waals surface area contributed by atoms with E-state index in [1.807, 2.05) is 24.7 Å². The topological polar surface area (TPSA) is 71.8 Å². The Kier molecular flexibility index (Phi) is 7.08. The Hall–Kier alpha value is -2.05. The van der Waals surface area contributed by atoms with Crippen LogP contribution < -0.4 is 5.32 Å². The fraction of sp³-hybridized carbons (Fsp3) is 0.706. The minimum Gasteiger partial charge on any atom is -0.466 e. The first kappa shape index (κ1) is 18.3. The predicted molar refractivity (Wildman–Crippen MR) is 93.9 cm³/mol. The SMILES string of the molecule is CCOC(=O)C1CCN(C(=NC)NCCCn2cc(C)cn2)CC1. The first-order chi connectivity index (χ1) is 11.6. The third-order valence-electron chi connectivity index (χ3n) is 4.24. The highest BCUT2D eigenvalue weighted by Gasteiger charge is 2.27. The van der Waals surface area contributed by atoms with Crippen molar-refractivity contribution in [1.82, 2.24) is 20.0 Å². The van der Waals surface area contributed by atoms with E-state index in [2.05, 4.69) is 26.5 Å². The third kappa shape index (κ3) is 5.25. The number of nitrogens with zero attached hydrogens (tertiary/aromatic N) is 4. The molecule has 0 aromatic carbocycles. The Bertz CT molecular complexity index is 547. The molecule has 2 rings (SSSR count). The molecule has 1 aliphatic heterocycles. The summed E-state index contributed by atoms with van der Waals surface area (Å²) in [6, 6.07) is 0. The van der Waals surface area contributed by atoms with Crippen molar-refractivity contribution in [2.45, 2.75) is 39.7 Å². The molecule has 0 amide bonds. The van der Waals surface area contributed by atoms with Crippen LogP contribution in [0.5, 0.6) is 0 Å². The van der Waals surface area contributed by atoms with Crippen LogP contribution in [0.1, 0.15) is 31.7 Å². The normalized spacial score (nSPS) is 16.3. The summed E-state index contributed by atoms with van der Waals surface area (Å²) in [5.41, 5.74) is 1.18. The van der Waals surface area contributed by atoms with E-state index < -0.39 is 0 Å². The number of ether oxygens (including phenoxy) is 1. The molecule has 134 valence electrons. The number of nitrogens with one attached hydrogen (secondary N) is 1. The summed E-state index contributed by atoms with van der Waals surface area (Å²) in [6.07, 6.45) is 6.56. The molecular weight excluding hydrogens is 306 g/mol. The Morgan fingerprint density at radius 3 is 2.79 bits per heavy atom. The van der Waals surface area contributed by atoms with Gasteiger partial charge in [0, 0.05) is 39.4 Å². The van der Waals surface area contributed by atoms with Crippen molar-refractivity contribution in [3.63, 3.8) is 0 Å². The molecule has 1 N–H and O–H groups in total. The molecule has 24 heavy (non-hydrogen) atoms. The van der Waals surface area contributed by atoms with Crippen LogP contribution in [-0.4, -0.2) is 59.9 Å². The summed E-state index contributed by atoms with van der Waals surface area (Å²) in [4.78, 5) is 18.4. The van der Waals surface area contributed by atoms with Gasteiger partial charge in [0.15, 0.2) is 5.96 Å². The highest BCUT2D eigenvalue weighted by molar-refractivity contribution is 5.80. The molecule has 1 saturated heterocycles. The Morgan fingerprint density at radius 1 is 1.46 bits per heavy atom. The summed E-state index contributed by atoms with van der Waals surface area (Å²) >= 11 is 0.